The van der Waals surface area contributed by atoms with Crippen LogP contribution in [0.5, 0.6) is 11.5 Å². The lowest BCUT2D eigenvalue weighted by atomic mass is 9.90. The minimum atomic E-state index is 0.269. The largest absolute Gasteiger partial charge is 0.493 e. The predicted octanol–water partition coefficient (Wildman–Crippen LogP) is 3.49. The van der Waals surface area contributed by atoms with Gasteiger partial charge in [-0.2, -0.15) is 0 Å². The van der Waals surface area contributed by atoms with Gasteiger partial charge in [-0.15, -0.1) is 0 Å². The van der Waals surface area contributed by atoms with Gasteiger partial charge in [0.1, 0.15) is 0 Å². The number of methoxy groups -OCH3 is 2. The summed E-state index contributed by atoms with van der Waals surface area (Å²) in [7, 11) is 3.33. The Labute approximate surface area is 125 Å². The zero-order valence-corrected chi connectivity index (χ0v) is 12.6. The van der Waals surface area contributed by atoms with Crippen LogP contribution in [0.15, 0.2) is 47.5 Å². The van der Waals surface area contributed by atoms with Crippen molar-refractivity contribution in [2.75, 3.05) is 14.2 Å². The Balaban J connectivity index is 2.17. The van der Waals surface area contributed by atoms with Crippen molar-refractivity contribution in [3.05, 3.63) is 59.2 Å². The summed E-state index contributed by atoms with van der Waals surface area (Å²) in [6.45, 7) is 2.14. The highest BCUT2D eigenvalue weighted by Gasteiger charge is 2.22. The van der Waals surface area contributed by atoms with Gasteiger partial charge in [0.15, 0.2) is 11.5 Å². The molecule has 0 aliphatic carbocycles. The van der Waals surface area contributed by atoms with Crippen molar-refractivity contribution >= 4 is 5.71 Å². The van der Waals surface area contributed by atoms with Crippen molar-refractivity contribution < 1.29 is 9.47 Å². The molecule has 0 fully saturated rings. The van der Waals surface area contributed by atoms with Gasteiger partial charge < -0.3 is 9.47 Å². The molecule has 2 aromatic rings. The standard InChI is InChI=1S/C18H19NO2/c1-12-9-14-10-16(20-2)17(21-3)11-15(14)18(19-12)13-7-5-4-6-8-13/h4-8,10-12H,9H2,1-3H3. The molecule has 3 heteroatoms. The number of nitrogens with zero attached hydrogens (tertiary/aromatic N) is 1. The molecule has 0 amide bonds. The SMILES string of the molecule is COc1cc2c(cc1OC)C(c1ccccc1)=NC(C)C2. The monoisotopic (exact) mass is 281 g/mol. The molecule has 3 rings (SSSR count). The molecular weight excluding hydrogens is 262 g/mol. The highest BCUT2D eigenvalue weighted by atomic mass is 16.5. The maximum absolute atomic E-state index is 5.43. The molecule has 0 N–H and O–H groups in total. The van der Waals surface area contributed by atoms with Crippen molar-refractivity contribution in [2.45, 2.75) is 19.4 Å². The molecule has 0 saturated carbocycles. The van der Waals surface area contributed by atoms with E-state index in [2.05, 4.69) is 25.1 Å². The molecule has 1 aliphatic rings. The van der Waals surface area contributed by atoms with E-state index in [1.54, 1.807) is 14.2 Å². The zero-order chi connectivity index (χ0) is 14.8. The van der Waals surface area contributed by atoms with Crippen LogP contribution in [0.3, 0.4) is 0 Å². The van der Waals surface area contributed by atoms with Gasteiger partial charge >= 0.3 is 0 Å². The highest BCUT2D eigenvalue weighted by Crippen LogP contribution is 2.34. The minimum Gasteiger partial charge on any atom is -0.493 e. The van der Waals surface area contributed by atoms with Crippen LogP contribution in [-0.2, 0) is 6.42 Å². The molecule has 0 saturated heterocycles. The Morgan fingerprint density at radius 2 is 1.67 bits per heavy atom. The van der Waals surface area contributed by atoms with E-state index in [1.807, 2.05) is 24.3 Å². The number of fused-ring (bicyclic) bond motifs is 1. The van der Waals surface area contributed by atoms with E-state index >= 15 is 0 Å². The van der Waals surface area contributed by atoms with Gasteiger partial charge in [0.2, 0.25) is 0 Å². The summed E-state index contributed by atoms with van der Waals surface area (Å²) < 4.78 is 10.8. The van der Waals surface area contributed by atoms with E-state index in [0.717, 1.165) is 34.8 Å². The lowest BCUT2D eigenvalue weighted by Crippen LogP contribution is -2.20. The Morgan fingerprint density at radius 1 is 1.00 bits per heavy atom. The molecule has 0 aromatic heterocycles. The third-order valence-corrected chi connectivity index (χ3v) is 3.78. The Kier molecular flexibility index (Phi) is 3.65. The Morgan fingerprint density at radius 3 is 2.33 bits per heavy atom. The van der Waals surface area contributed by atoms with E-state index in [4.69, 9.17) is 14.5 Å². The van der Waals surface area contributed by atoms with E-state index in [9.17, 15) is 0 Å². The number of hydrogen-bond acceptors (Lipinski definition) is 3. The molecule has 1 aliphatic heterocycles. The average molecular weight is 281 g/mol. The molecule has 0 spiro atoms. The number of ether oxygens (including phenoxy) is 2. The number of aliphatic imine (C=N–C) groups is 1. The van der Waals surface area contributed by atoms with Gasteiger partial charge in [0.25, 0.3) is 0 Å². The first-order chi connectivity index (χ1) is 10.2. The van der Waals surface area contributed by atoms with Crippen molar-refractivity contribution in [3.8, 4) is 11.5 Å². The third kappa shape index (κ3) is 2.51. The molecule has 21 heavy (non-hydrogen) atoms. The van der Waals surface area contributed by atoms with Crippen LogP contribution >= 0.6 is 0 Å². The van der Waals surface area contributed by atoms with Gasteiger partial charge in [-0.3, -0.25) is 4.99 Å². The summed E-state index contributed by atoms with van der Waals surface area (Å²) in [5.41, 5.74) is 4.56. The fraction of sp³-hybridized carbons (Fsp3) is 0.278. The van der Waals surface area contributed by atoms with E-state index in [-0.39, 0.29) is 6.04 Å². The average Bonchev–Trinajstić information content (AvgIpc) is 2.53. The van der Waals surface area contributed by atoms with Crippen molar-refractivity contribution in [1.82, 2.24) is 0 Å². The van der Waals surface area contributed by atoms with Gasteiger partial charge in [0, 0.05) is 11.1 Å². The summed E-state index contributed by atoms with van der Waals surface area (Å²) in [5, 5.41) is 0. The summed E-state index contributed by atoms with van der Waals surface area (Å²) in [5.74, 6) is 1.52. The summed E-state index contributed by atoms with van der Waals surface area (Å²) in [6.07, 6.45) is 0.923. The number of hydrogen-bond donors (Lipinski definition) is 0. The van der Waals surface area contributed by atoms with Crippen molar-refractivity contribution in [3.63, 3.8) is 0 Å². The van der Waals surface area contributed by atoms with Crippen LogP contribution in [0.25, 0.3) is 0 Å². The topological polar surface area (TPSA) is 30.8 Å². The van der Waals surface area contributed by atoms with Gasteiger partial charge in [-0.1, -0.05) is 30.3 Å². The van der Waals surface area contributed by atoms with Gasteiger partial charge in [-0.25, -0.2) is 0 Å². The molecule has 3 nitrogen and oxygen atoms in total. The van der Waals surface area contributed by atoms with Crippen LogP contribution in [0.2, 0.25) is 0 Å². The summed E-state index contributed by atoms with van der Waals surface area (Å²) in [4.78, 5) is 4.84. The lowest BCUT2D eigenvalue weighted by Gasteiger charge is -2.23. The maximum atomic E-state index is 5.43. The molecule has 1 heterocycles. The van der Waals surface area contributed by atoms with E-state index in [1.165, 1.54) is 5.56 Å². The van der Waals surface area contributed by atoms with E-state index < -0.39 is 0 Å². The molecule has 108 valence electrons. The smallest absolute Gasteiger partial charge is 0.161 e. The fourth-order valence-electron chi connectivity index (χ4n) is 2.79. The highest BCUT2D eigenvalue weighted by molar-refractivity contribution is 6.14. The first-order valence-corrected chi connectivity index (χ1v) is 7.11. The quantitative estimate of drug-likeness (QED) is 0.862. The number of rotatable bonds is 3. The lowest BCUT2D eigenvalue weighted by molar-refractivity contribution is 0.354. The second-order valence-corrected chi connectivity index (χ2v) is 5.26. The van der Waals surface area contributed by atoms with Crippen LogP contribution < -0.4 is 9.47 Å². The van der Waals surface area contributed by atoms with Crippen LogP contribution in [0, 0.1) is 0 Å². The summed E-state index contributed by atoms with van der Waals surface area (Å²) in [6, 6.07) is 14.7. The second kappa shape index (κ2) is 5.60. The summed E-state index contributed by atoms with van der Waals surface area (Å²) >= 11 is 0. The third-order valence-electron chi connectivity index (χ3n) is 3.78. The fourth-order valence-corrected chi connectivity index (χ4v) is 2.79. The molecule has 0 radical (unpaired) electrons. The first kappa shape index (κ1) is 13.7. The predicted molar refractivity (Wildman–Crippen MR) is 84.8 cm³/mol. The Hall–Kier alpha value is -2.29. The maximum Gasteiger partial charge on any atom is 0.161 e. The zero-order valence-electron chi connectivity index (χ0n) is 12.6. The molecule has 0 bridgehead atoms. The molecular formula is C18H19NO2. The molecule has 2 aromatic carbocycles. The normalized spacial score (nSPS) is 16.9. The van der Waals surface area contributed by atoms with Crippen LogP contribution in [0.1, 0.15) is 23.6 Å². The second-order valence-electron chi connectivity index (χ2n) is 5.26. The number of benzene rings is 2. The molecule has 1 atom stereocenters. The first-order valence-electron chi connectivity index (χ1n) is 7.11. The van der Waals surface area contributed by atoms with Crippen LogP contribution in [0.4, 0.5) is 0 Å². The minimum absolute atomic E-state index is 0.269. The Bertz CT molecular complexity index is 677. The van der Waals surface area contributed by atoms with Crippen molar-refractivity contribution in [2.24, 2.45) is 4.99 Å². The van der Waals surface area contributed by atoms with Crippen molar-refractivity contribution in [1.29, 1.82) is 0 Å². The van der Waals surface area contributed by atoms with E-state index in [0.29, 0.717) is 0 Å². The van der Waals surface area contributed by atoms with Gasteiger partial charge in [0.05, 0.1) is 26.0 Å². The molecule has 1 unspecified atom stereocenters. The van der Waals surface area contributed by atoms with Gasteiger partial charge in [-0.05, 0) is 31.0 Å². The van der Waals surface area contributed by atoms with Crippen LogP contribution in [-0.4, -0.2) is 26.0 Å².